The number of hydrogen-bond donors (Lipinski definition) is 2. The van der Waals surface area contributed by atoms with Gasteiger partial charge in [0.05, 0.1) is 24.2 Å². The summed E-state index contributed by atoms with van der Waals surface area (Å²) in [5.41, 5.74) is 6.62. The fourth-order valence-corrected chi connectivity index (χ4v) is 8.89. The van der Waals surface area contributed by atoms with Gasteiger partial charge in [0, 0.05) is 74.4 Å². The van der Waals surface area contributed by atoms with E-state index in [1.165, 1.54) is 6.20 Å². The molecule has 2 N–H and O–H groups in total. The first-order valence-electron chi connectivity index (χ1n) is 21.2. The van der Waals surface area contributed by atoms with Gasteiger partial charge in [0.2, 0.25) is 17.7 Å². The van der Waals surface area contributed by atoms with Crippen LogP contribution in [0.1, 0.15) is 33.5 Å². The van der Waals surface area contributed by atoms with Crippen molar-refractivity contribution in [3.05, 3.63) is 175 Å². The van der Waals surface area contributed by atoms with Crippen molar-refractivity contribution in [3.63, 3.8) is 0 Å². The molecule has 64 heavy (non-hydrogen) atoms. The normalized spacial score (nSPS) is 16.5. The number of imidazole rings is 1. The fraction of sp³-hybridized carbons (Fsp3) is 0.200. The summed E-state index contributed by atoms with van der Waals surface area (Å²) in [6, 6.07) is 32.7. The van der Waals surface area contributed by atoms with Crippen molar-refractivity contribution in [1.29, 1.82) is 0 Å². The van der Waals surface area contributed by atoms with Gasteiger partial charge in [-0.1, -0.05) is 78.9 Å². The molecule has 4 amide bonds. The zero-order chi connectivity index (χ0) is 44.3. The van der Waals surface area contributed by atoms with E-state index in [2.05, 4.69) is 38.7 Å². The Morgan fingerprint density at radius 1 is 0.922 bits per heavy atom. The number of fused-ring (bicyclic) bond motifs is 2. The standard InChI is InChI=1S/C50H47N9O5/c1-3-25-57-32-47(62)58-43(27-35-12-20-40(60)21-13-35)50(64)56(31-45(58)59(57)46(61)23-14-34-8-5-4-6-9-34)29-38-10-7-11-41-42(30-54(2)48(38)41)36-15-18-39(19-16-36)53-49(63)37-17-22-44(52-28-37)55-26-24-51-33-55/h3-13,15-22,24,26,28,30,33,43,45,60H,1,14,23,25,27,29,31-32H2,2H3,(H,53,63)/t43-,45-/m0/s1. The minimum absolute atomic E-state index is 0.0729. The number of hydrazine groups is 1. The lowest BCUT2D eigenvalue weighted by molar-refractivity contribution is -0.205. The summed E-state index contributed by atoms with van der Waals surface area (Å²) in [7, 11) is 1.98. The van der Waals surface area contributed by atoms with Gasteiger partial charge in [-0.25, -0.2) is 20.0 Å². The third kappa shape index (κ3) is 8.38. The number of hydrogen-bond acceptors (Lipinski definition) is 8. The summed E-state index contributed by atoms with van der Waals surface area (Å²) in [5, 5.41) is 17.4. The van der Waals surface area contributed by atoms with Gasteiger partial charge in [0.1, 0.15) is 30.1 Å². The highest BCUT2D eigenvalue weighted by Gasteiger charge is 2.51. The van der Waals surface area contributed by atoms with E-state index in [1.807, 2.05) is 73.8 Å². The van der Waals surface area contributed by atoms with Crippen molar-refractivity contribution >= 4 is 40.2 Å². The zero-order valence-corrected chi connectivity index (χ0v) is 35.3. The number of nitrogens with zero attached hydrogens (tertiary/aromatic N) is 8. The van der Waals surface area contributed by atoms with Crippen molar-refractivity contribution in [1.82, 2.24) is 38.9 Å². The van der Waals surface area contributed by atoms with Crippen molar-refractivity contribution < 1.29 is 24.3 Å². The second-order valence-corrected chi connectivity index (χ2v) is 16.1. The average Bonchev–Trinajstić information content (AvgIpc) is 3.97. The number of aromatic hydroxyl groups is 1. The number of carbonyl (C=O) groups is 4. The molecule has 0 unspecified atom stereocenters. The SMILES string of the molecule is C=CCN1CC(=O)N2[C@@H](Cc3ccc(O)cc3)C(=O)N(Cc3cccc4c(-c5ccc(NC(=O)c6ccc(-n7ccnc7)nc6)cc5)cn(C)c34)C[C@@H]2N1C(=O)CCc1ccccc1. The Morgan fingerprint density at radius 3 is 2.44 bits per heavy atom. The predicted octanol–water partition coefficient (Wildman–Crippen LogP) is 6.37. The average molecular weight is 854 g/mol. The summed E-state index contributed by atoms with van der Waals surface area (Å²) in [5.74, 6) is -0.137. The van der Waals surface area contributed by atoms with Crippen LogP contribution < -0.4 is 5.32 Å². The maximum Gasteiger partial charge on any atom is 0.257 e. The summed E-state index contributed by atoms with van der Waals surface area (Å²) in [6.07, 6.45) is 10.5. The lowest BCUT2D eigenvalue weighted by Crippen LogP contribution is -2.75. The molecule has 14 heteroatoms. The lowest BCUT2D eigenvalue weighted by Gasteiger charge is -2.55. The predicted molar refractivity (Wildman–Crippen MR) is 243 cm³/mol. The van der Waals surface area contributed by atoms with E-state index in [1.54, 1.807) is 85.6 Å². The molecule has 2 aliphatic heterocycles. The molecule has 7 aromatic rings. The molecule has 0 spiro atoms. The Balaban J connectivity index is 0.991. The third-order valence-electron chi connectivity index (χ3n) is 11.9. The van der Waals surface area contributed by atoms with Gasteiger partial charge in [-0.3, -0.25) is 23.7 Å². The Morgan fingerprint density at radius 2 is 1.72 bits per heavy atom. The highest BCUT2D eigenvalue weighted by molar-refractivity contribution is 6.04. The van der Waals surface area contributed by atoms with Crippen LogP contribution in [-0.4, -0.2) is 99.5 Å². The van der Waals surface area contributed by atoms with E-state index in [9.17, 15) is 24.3 Å². The van der Waals surface area contributed by atoms with Crippen molar-refractivity contribution in [3.8, 4) is 22.7 Å². The molecule has 9 rings (SSSR count). The molecule has 0 bridgehead atoms. The number of phenols is 1. The molecule has 0 aliphatic carbocycles. The van der Waals surface area contributed by atoms with Gasteiger partial charge in [0.25, 0.3) is 5.91 Å². The van der Waals surface area contributed by atoms with Gasteiger partial charge in [-0.2, -0.15) is 0 Å². The van der Waals surface area contributed by atoms with Gasteiger partial charge in [-0.15, -0.1) is 6.58 Å². The Hall–Kier alpha value is -7.84. The van der Waals surface area contributed by atoms with E-state index in [4.69, 9.17) is 0 Å². The van der Waals surface area contributed by atoms with E-state index < -0.39 is 12.2 Å². The molecule has 2 atom stereocenters. The second-order valence-electron chi connectivity index (χ2n) is 16.1. The van der Waals surface area contributed by atoms with Gasteiger partial charge in [-0.05, 0) is 65.1 Å². The van der Waals surface area contributed by atoms with Gasteiger partial charge >= 0.3 is 0 Å². The van der Waals surface area contributed by atoms with Crippen LogP contribution in [0.4, 0.5) is 5.69 Å². The van der Waals surface area contributed by atoms with Crippen LogP contribution in [0.2, 0.25) is 0 Å². The van der Waals surface area contributed by atoms with Gasteiger partial charge < -0.3 is 24.8 Å². The number of aromatic nitrogens is 4. The van der Waals surface area contributed by atoms with E-state index in [-0.39, 0.29) is 68.4 Å². The van der Waals surface area contributed by atoms with Crippen LogP contribution in [0.25, 0.3) is 27.8 Å². The van der Waals surface area contributed by atoms with Crippen molar-refractivity contribution in [2.75, 3.05) is 25.0 Å². The monoisotopic (exact) mass is 853 g/mol. The summed E-state index contributed by atoms with van der Waals surface area (Å²) in [6.45, 7) is 4.46. The Bertz CT molecular complexity index is 2820. The van der Waals surface area contributed by atoms with E-state index >= 15 is 0 Å². The number of phenolic OH excluding ortho intramolecular Hbond substituents is 1. The van der Waals surface area contributed by atoms with Crippen LogP contribution >= 0.6 is 0 Å². The van der Waals surface area contributed by atoms with Crippen LogP contribution in [-0.2, 0) is 40.8 Å². The molecule has 4 aromatic carbocycles. The number of nitrogens with one attached hydrogen (secondary N) is 1. The minimum Gasteiger partial charge on any atom is -0.508 e. The summed E-state index contributed by atoms with van der Waals surface area (Å²) in [4.78, 5) is 68.2. The third-order valence-corrected chi connectivity index (χ3v) is 11.9. The number of piperazine rings is 1. The smallest absolute Gasteiger partial charge is 0.257 e. The number of aryl methyl sites for hydroxylation is 2. The highest BCUT2D eigenvalue weighted by Crippen LogP contribution is 2.35. The molecule has 5 heterocycles. The molecular formula is C50H47N9O5. The number of rotatable bonds is 13. The molecule has 322 valence electrons. The first-order valence-corrected chi connectivity index (χ1v) is 21.2. The maximum absolute atomic E-state index is 14.8. The lowest BCUT2D eigenvalue weighted by atomic mass is 9.97. The van der Waals surface area contributed by atoms with Crippen LogP contribution in [0.5, 0.6) is 5.75 Å². The molecule has 0 radical (unpaired) electrons. The first-order chi connectivity index (χ1) is 31.1. The van der Waals surface area contributed by atoms with Crippen LogP contribution in [0.3, 0.4) is 0 Å². The number of para-hydroxylation sites is 1. The highest BCUT2D eigenvalue weighted by atomic mass is 16.3. The van der Waals surface area contributed by atoms with E-state index in [0.717, 1.165) is 38.7 Å². The quantitative estimate of drug-likeness (QED) is 0.127. The number of carbonyl (C=O) groups excluding carboxylic acids is 4. The second kappa shape index (κ2) is 17.9. The van der Waals surface area contributed by atoms with Crippen molar-refractivity contribution in [2.24, 2.45) is 7.05 Å². The van der Waals surface area contributed by atoms with E-state index in [0.29, 0.717) is 23.5 Å². The van der Waals surface area contributed by atoms with Crippen molar-refractivity contribution in [2.45, 2.75) is 38.0 Å². The first kappa shape index (κ1) is 41.5. The minimum atomic E-state index is -0.897. The molecule has 2 saturated heterocycles. The van der Waals surface area contributed by atoms with Crippen LogP contribution in [0.15, 0.2) is 153 Å². The number of amides is 4. The topological polar surface area (TPSA) is 149 Å². The zero-order valence-electron chi connectivity index (χ0n) is 35.3. The molecule has 0 saturated carbocycles. The number of pyridine rings is 1. The molecular weight excluding hydrogens is 807 g/mol. The largest absolute Gasteiger partial charge is 0.508 e. The molecule has 2 aliphatic rings. The molecule has 14 nitrogen and oxygen atoms in total. The summed E-state index contributed by atoms with van der Waals surface area (Å²) >= 11 is 0. The molecule has 3 aromatic heterocycles. The summed E-state index contributed by atoms with van der Waals surface area (Å²) < 4.78 is 3.82. The Labute approximate surface area is 370 Å². The van der Waals surface area contributed by atoms with Crippen LogP contribution in [0, 0.1) is 0 Å². The number of benzene rings is 4. The fourth-order valence-electron chi connectivity index (χ4n) is 8.89. The maximum atomic E-state index is 14.8. The Kier molecular flexibility index (Phi) is 11.6. The van der Waals surface area contributed by atoms with Gasteiger partial charge in [0.15, 0.2) is 0 Å². The number of anilines is 1. The molecule has 2 fully saturated rings.